The summed E-state index contributed by atoms with van der Waals surface area (Å²) in [6.45, 7) is 2.57. The second-order valence-electron chi connectivity index (χ2n) is 3.43. The topological polar surface area (TPSA) is 12.0 Å². The van der Waals surface area contributed by atoms with Crippen LogP contribution in [0.5, 0.6) is 0 Å². The van der Waals surface area contributed by atoms with E-state index in [-0.39, 0.29) is 0 Å². The number of halogens is 1. The van der Waals surface area contributed by atoms with Gasteiger partial charge >= 0.3 is 0 Å². The van der Waals surface area contributed by atoms with Gasteiger partial charge in [-0.15, -0.1) is 0 Å². The van der Waals surface area contributed by atoms with Crippen LogP contribution in [0.15, 0.2) is 0 Å². The summed E-state index contributed by atoms with van der Waals surface area (Å²) in [5, 5.41) is 3.43. The third-order valence-electron chi connectivity index (χ3n) is 2.64. The van der Waals surface area contributed by atoms with Crippen molar-refractivity contribution >= 4 is 22.6 Å². The van der Waals surface area contributed by atoms with Gasteiger partial charge in [-0.05, 0) is 31.2 Å². The van der Waals surface area contributed by atoms with E-state index in [1.165, 1.54) is 32.4 Å². The van der Waals surface area contributed by atoms with Crippen LogP contribution in [0, 0.1) is 5.41 Å². The van der Waals surface area contributed by atoms with Gasteiger partial charge in [0.1, 0.15) is 0 Å². The van der Waals surface area contributed by atoms with Crippen LogP contribution in [0.4, 0.5) is 0 Å². The maximum absolute atomic E-state index is 3.43. The molecule has 1 heterocycles. The van der Waals surface area contributed by atoms with Crippen molar-refractivity contribution in [2.24, 2.45) is 5.41 Å². The van der Waals surface area contributed by atoms with Crippen LogP contribution in [0.3, 0.4) is 0 Å². The van der Waals surface area contributed by atoms with Crippen molar-refractivity contribution < 1.29 is 0 Å². The predicted octanol–water partition coefficient (Wildman–Crippen LogP) is 1.56. The molecule has 0 amide bonds. The number of hydrogen-bond acceptors (Lipinski definition) is 1. The molecule has 1 saturated carbocycles. The van der Waals surface area contributed by atoms with Gasteiger partial charge in [-0.3, -0.25) is 0 Å². The van der Waals surface area contributed by atoms with Gasteiger partial charge in [-0.2, -0.15) is 0 Å². The van der Waals surface area contributed by atoms with Crippen LogP contribution in [0.1, 0.15) is 19.3 Å². The van der Waals surface area contributed by atoms with Gasteiger partial charge in [-0.25, -0.2) is 0 Å². The summed E-state index contributed by atoms with van der Waals surface area (Å²) in [5.74, 6) is 0. The van der Waals surface area contributed by atoms with Gasteiger partial charge in [0.2, 0.25) is 0 Å². The molecule has 0 radical (unpaired) electrons. The molecule has 2 rings (SSSR count). The quantitative estimate of drug-likeness (QED) is 0.498. The molecule has 2 fully saturated rings. The van der Waals surface area contributed by atoms with Crippen LogP contribution in [-0.4, -0.2) is 17.0 Å². The van der Waals surface area contributed by atoms with Gasteiger partial charge in [0.05, 0.1) is 0 Å². The number of alkyl halides is 1. The zero-order valence-electron chi connectivity index (χ0n) is 5.49. The Hall–Kier alpha value is 0.690. The molecule has 0 aromatic heterocycles. The first kappa shape index (κ1) is 6.40. The lowest BCUT2D eigenvalue weighted by molar-refractivity contribution is 0.180. The molecule has 1 nitrogen and oxygen atoms in total. The van der Waals surface area contributed by atoms with Crippen molar-refractivity contribution in [1.29, 1.82) is 0 Å². The lowest BCUT2D eigenvalue weighted by atomic mass is 9.68. The highest BCUT2D eigenvalue weighted by atomic mass is 127. The lowest BCUT2D eigenvalue weighted by Crippen LogP contribution is -2.39. The molecule has 2 aliphatic rings. The van der Waals surface area contributed by atoms with E-state index < -0.39 is 0 Å². The fourth-order valence-corrected chi connectivity index (χ4v) is 3.89. The molecule has 0 aromatic rings. The van der Waals surface area contributed by atoms with Crippen LogP contribution in [-0.2, 0) is 0 Å². The molecule has 1 aliphatic carbocycles. The van der Waals surface area contributed by atoms with Crippen molar-refractivity contribution in [1.82, 2.24) is 5.32 Å². The third kappa shape index (κ3) is 1.00. The summed E-state index contributed by atoms with van der Waals surface area (Å²) < 4.78 is 0.988. The molecular weight excluding hydrogens is 225 g/mol. The van der Waals surface area contributed by atoms with Gasteiger partial charge in [0.25, 0.3) is 0 Å². The fourth-order valence-electron chi connectivity index (χ4n) is 2.02. The molecule has 1 spiro atoms. The van der Waals surface area contributed by atoms with E-state index in [0.29, 0.717) is 0 Å². The summed E-state index contributed by atoms with van der Waals surface area (Å²) in [5.41, 5.74) is 0.770. The van der Waals surface area contributed by atoms with Crippen molar-refractivity contribution in [2.75, 3.05) is 13.1 Å². The second kappa shape index (κ2) is 2.09. The largest absolute Gasteiger partial charge is 0.316 e. The Kier molecular flexibility index (Phi) is 1.49. The van der Waals surface area contributed by atoms with Crippen molar-refractivity contribution in [3.05, 3.63) is 0 Å². The monoisotopic (exact) mass is 237 g/mol. The molecule has 0 atom stereocenters. The Morgan fingerprint density at radius 1 is 1.44 bits per heavy atom. The van der Waals surface area contributed by atoms with Gasteiger partial charge in [-0.1, -0.05) is 22.6 Å². The Balaban J connectivity index is 1.95. The van der Waals surface area contributed by atoms with Crippen LogP contribution < -0.4 is 5.32 Å². The Morgan fingerprint density at radius 2 is 2.22 bits per heavy atom. The first-order valence-electron chi connectivity index (χ1n) is 3.66. The molecular formula is C7H12IN. The number of nitrogens with one attached hydrogen (secondary N) is 1. The van der Waals surface area contributed by atoms with E-state index in [2.05, 4.69) is 27.9 Å². The molecule has 9 heavy (non-hydrogen) atoms. The molecule has 0 aromatic carbocycles. The number of rotatable bonds is 0. The molecule has 2 heteroatoms. The Morgan fingerprint density at radius 3 is 2.67 bits per heavy atom. The average molecular weight is 237 g/mol. The highest BCUT2D eigenvalue weighted by molar-refractivity contribution is 14.1. The summed E-state index contributed by atoms with van der Waals surface area (Å²) in [7, 11) is 0. The van der Waals surface area contributed by atoms with Crippen LogP contribution in [0.25, 0.3) is 0 Å². The zero-order valence-corrected chi connectivity index (χ0v) is 7.65. The van der Waals surface area contributed by atoms with E-state index >= 15 is 0 Å². The zero-order chi connectivity index (χ0) is 6.32. The van der Waals surface area contributed by atoms with E-state index in [1.807, 2.05) is 0 Å². The van der Waals surface area contributed by atoms with Gasteiger partial charge in [0, 0.05) is 10.5 Å². The van der Waals surface area contributed by atoms with E-state index in [4.69, 9.17) is 0 Å². The predicted molar refractivity (Wildman–Crippen MR) is 47.0 cm³/mol. The maximum Gasteiger partial charge on any atom is 0.0121 e. The van der Waals surface area contributed by atoms with Crippen LogP contribution >= 0.6 is 22.6 Å². The normalized spacial score (nSPS) is 49.7. The van der Waals surface area contributed by atoms with Crippen molar-refractivity contribution in [3.8, 4) is 0 Å². The minimum absolute atomic E-state index is 0.770. The standard InChI is InChI=1S/C7H12IN/c8-6-3-7(4-6)1-2-9-5-7/h6,9H,1-5H2. The summed E-state index contributed by atoms with van der Waals surface area (Å²) in [6.07, 6.45) is 4.38. The second-order valence-corrected chi connectivity index (χ2v) is 5.19. The summed E-state index contributed by atoms with van der Waals surface area (Å²) in [6, 6.07) is 0. The van der Waals surface area contributed by atoms with E-state index in [1.54, 1.807) is 0 Å². The van der Waals surface area contributed by atoms with E-state index in [9.17, 15) is 0 Å². The highest BCUT2D eigenvalue weighted by Gasteiger charge is 2.44. The van der Waals surface area contributed by atoms with Gasteiger partial charge in [0.15, 0.2) is 0 Å². The van der Waals surface area contributed by atoms with Crippen LogP contribution in [0.2, 0.25) is 0 Å². The molecule has 1 N–H and O–H groups in total. The smallest absolute Gasteiger partial charge is 0.0121 e. The highest BCUT2D eigenvalue weighted by Crippen LogP contribution is 2.48. The molecule has 1 saturated heterocycles. The minimum Gasteiger partial charge on any atom is -0.316 e. The van der Waals surface area contributed by atoms with Gasteiger partial charge < -0.3 is 5.32 Å². The SMILES string of the molecule is IC1CC2(CCNC2)C1. The Labute approximate surface area is 69.7 Å². The minimum atomic E-state index is 0.770. The Bertz CT molecular complexity index is 110. The molecule has 52 valence electrons. The van der Waals surface area contributed by atoms with Crippen molar-refractivity contribution in [2.45, 2.75) is 23.2 Å². The maximum atomic E-state index is 3.43. The van der Waals surface area contributed by atoms with E-state index in [0.717, 1.165) is 9.34 Å². The fraction of sp³-hybridized carbons (Fsp3) is 1.00. The molecule has 0 bridgehead atoms. The van der Waals surface area contributed by atoms with Crippen molar-refractivity contribution in [3.63, 3.8) is 0 Å². The summed E-state index contributed by atoms with van der Waals surface area (Å²) in [4.78, 5) is 0. The average Bonchev–Trinajstić information content (AvgIpc) is 2.12. The first-order valence-corrected chi connectivity index (χ1v) is 4.90. The molecule has 0 unspecified atom stereocenters. The third-order valence-corrected chi connectivity index (χ3v) is 3.52. The number of hydrogen-bond donors (Lipinski definition) is 1. The summed E-state index contributed by atoms with van der Waals surface area (Å²) >= 11 is 2.57. The molecule has 1 aliphatic heterocycles. The first-order chi connectivity index (χ1) is 4.31. The lowest BCUT2D eigenvalue weighted by Gasteiger charge is -2.42.